The summed E-state index contributed by atoms with van der Waals surface area (Å²) in [5.41, 5.74) is 1.16. The second kappa shape index (κ2) is 5.79. The lowest BCUT2D eigenvalue weighted by Crippen LogP contribution is -2.39. The Kier molecular flexibility index (Phi) is 4.76. The monoisotopic (exact) mass is 280 g/mol. The number of hydrogen-bond donors (Lipinski definition) is 1. The van der Waals surface area contributed by atoms with Crippen LogP contribution in [0.3, 0.4) is 0 Å². The smallest absolute Gasteiger partial charge is 0.292 e. The Labute approximate surface area is 120 Å². The largest absolute Gasteiger partial charge is 0.389 e. The van der Waals surface area contributed by atoms with E-state index in [0.717, 1.165) is 0 Å². The van der Waals surface area contributed by atoms with Crippen LogP contribution in [0.5, 0.6) is 0 Å². The van der Waals surface area contributed by atoms with E-state index in [1.807, 2.05) is 18.9 Å². The molecule has 1 N–H and O–H groups in total. The molecule has 0 saturated carbocycles. The molecule has 1 aromatic carbocycles. The molecule has 0 fully saturated rings. The number of anilines is 1. The minimum absolute atomic E-state index is 0.00552. The molecule has 0 aromatic heterocycles. The number of rotatable bonds is 4. The molecule has 0 radical (unpaired) electrons. The number of aliphatic hydroxyl groups is 1. The summed E-state index contributed by atoms with van der Waals surface area (Å²) in [6.45, 7) is 9.95. The number of aliphatic hydroxyl groups excluding tert-OH is 1. The van der Waals surface area contributed by atoms with Crippen LogP contribution in [0.25, 0.3) is 0 Å². The summed E-state index contributed by atoms with van der Waals surface area (Å²) in [5, 5.41) is 20.8. The fourth-order valence-electron chi connectivity index (χ4n) is 2.03. The molecule has 0 spiro atoms. The molecule has 5 heteroatoms. The molecule has 0 aliphatic rings. The Balaban J connectivity index is 3.27. The van der Waals surface area contributed by atoms with E-state index in [1.54, 1.807) is 19.1 Å². The van der Waals surface area contributed by atoms with Crippen molar-refractivity contribution in [3.8, 4) is 0 Å². The maximum atomic E-state index is 11.3. The molecule has 0 bridgehead atoms. The second-order valence-electron chi connectivity index (χ2n) is 6.33. The lowest BCUT2D eigenvalue weighted by molar-refractivity contribution is -0.384. The summed E-state index contributed by atoms with van der Waals surface area (Å²) in [7, 11) is 1.86. The van der Waals surface area contributed by atoms with Crippen molar-refractivity contribution < 1.29 is 10.0 Å². The van der Waals surface area contributed by atoms with Gasteiger partial charge in [0.25, 0.3) is 5.69 Å². The van der Waals surface area contributed by atoms with Crippen molar-refractivity contribution in [1.82, 2.24) is 0 Å². The maximum Gasteiger partial charge on any atom is 0.292 e. The van der Waals surface area contributed by atoms with Crippen LogP contribution in [-0.2, 0) is 0 Å². The van der Waals surface area contributed by atoms with Gasteiger partial charge in [-0.3, -0.25) is 10.1 Å². The minimum atomic E-state index is -0.715. The molecule has 5 nitrogen and oxygen atoms in total. The Morgan fingerprint density at radius 1 is 1.30 bits per heavy atom. The van der Waals surface area contributed by atoms with E-state index >= 15 is 0 Å². The molecule has 0 amide bonds. The third-order valence-electron chi connectivity index (χ3n) is 3.89. The van der Waals surface area contributed by atoms with Gasteiger partial charge in [0.15, 0.2) is 0 Å². The summed E-state index contributed by atoms with van der Waals surface area (Å²) in [4.78, 5) is 12.8. The third kappa shape index (κ3) is 3.48. The SMILES string of the molecule is CC(O)c1ccc(N(C)C(C)C(C)(C)C)c([N+](=O)[O-])c1. The van der Waals surface area contributed by atoms with Gasteiger partial charge in [0.2, 0.25) is 0 Å². The van der Waals surface area contributed by atoms with Crippen LogP contribution < -0.4 is 4.90 Å². The van der Waals surface area contributed by atoms with Crippen LogP contribution in [0.2, 0.25) is 0 Å². The summed E-state index contributed by atoms with van der Waals surface area (Å²) < 4.78 is 0. The number of benzene rings is 1. The van der Waals surface area contributed by atoms with Gasteiger partial charge in [-0.25, -0.2) is 0 Å². The molecule has 0 heterocycles. The molecule has 2 atom stereocenters. The van der Waals surface area contributed by atoms with Gasteiger partial charge in [-0.2, -0.15) is 0 Å². The highest BCUT2D eigenvalue weighted by Crippen LogP contribution is 2.35. The van der Waals surface area contributed by atoms with Gasteiger partial charge >= 0.3 is 0 Å². The van der Waals surface area contributed by atoms with Gasteiger partial charge in [0.05, 0.1) is 11.0 Å². The molecular formula is C15H24N2O3. The molecule has 1 rings (SSSR count). The van der Waals surface area contributed by atoms with Gasteiger partial charge < -0.3 is 10.0 Å². The fourth-order valence-corrected chi connectivity index (χ4v) is 2.03. The molecule has 112 valence electrons. The molecule has 20 heavy (non-hydrogen) atoms. The minimum Gasteiger partial charge on any atom is -0.389 e. The van der Waals surface area contributed by atoms with Crippen molar-refractivity contribution >= 4 is 11.4 Å². The highest BCUT2D eigenvalue weighted by molar-refractivity contribution is 5.64. The Morgan fingerprint density at radius 2 is 1.85 bits per heavy atom. The van der Waals surface area contributed by atoms with E-state index in [2.05, 4.69) is 20.8 Å². The van der Waals surface area contributed by atoms with Crippen molar-refractivity contribution in [1.29, 1.82) is 0 Å². The molecule has 2 unspecified atom stereocenters. The van der Waals surface area contributed by atoms with Gasteiger partial charge in [0, 0.05) is 19.2 Å². The first kappa shape index (κ1) is 16.4. The van der Waals surface area contributed by atoms with E-state index in [4.69, 9.17) is 0 Å². The number of nitro groups is 1. The maximum absolute atomic E-state index is 11.3. The van der Waals surface area contributed by atoms with Gasteiger partial charge in [-0.1, -0.05) is 26.8 Å². The van der Waals surface area contributed by atoms with Crippen LogP contribution in [0, 0.1) is 15.5 Å². The van der Waals surface area contributed by atoms with Crippen LogP contribution >= 0.6 is 0 Å². The Bertz CT molecular complexity index is 492. The standard InChI is InChI=1S/C15H24N2O3/c1-10(18)12-7-8-13(14(9-12)17(19)20)16(6)11(2)15(3,4)5/h7-11,18H,1-6H3. The van der Waals surface area contributed by atoms with Crippen molar-refractivity contribution in [3.63, 3.8) is 0 Å². The van der Waals surface area contributed by atoms with Crippen LogP contribution in [0.1, 0.15) is 46.3 Å². The molecule has 0 aliphatic carbocycles. The lowest BCUT2D eigenvalue weighted by atomic mass is 9.87. The average Bonchev–Trinajstić information content (AvgIpc) is 2.34. The van der Waals surface area contributed by atoms with E-state index in [-0.39, 0.29) is 17.1 Å². The van der Waals surface area contributed by atoms with E-state index < -0.39 is 11.0 Å². The topological polar surface area (TPSA) is 66.6 Å². The fraction of sp³-hybridized carbons (Fsp3) is 0.600. The zero-order chi connectivity index (χ0) is 15.7. The van der Waals surface area contributed by atoms with Crippen LogP contribution in [0.4, 0.5) is 11.4 Å². The first-order chi connectivity index (χ1) is 9.05. The predicted octanol–water partition coefficient (Wildman–Crippen LogP) is 3.52. The first-order valence-corrected chi connectivity index (χ1v) is 6.75. The van der Waals surface area contributed by atoms with Gasteiger partial charge in [-0.05, 0) is 30.9 Å². The van der Waals surface area contributed by atoms with Crippen molar-refractivity contribution in [2.24, 2.45) is 5.41 Å². The predicted molar refractivity (Wildman–Crippen MR) is 81.1 cm³/mol. The normalized spacial score (nSPS) is 14.8. The van der Waals surface area contributed by atoms with Crippen molar-refractivity contribution in [2.45, 2.75) is 46.8 Å². The van der Waals surface area contributed by atoms with Crippen LogP contribution in [0.15, 0.2) is 18.2 Å². The average molecular weight is 280 g/mol. The molecule has 1 aromatic rings. The number of hydrogen-bond acceptors (Lipinski definition) is 4. The van der Waals surface area contributed by atoms with E-state index in [9.17, 15) is 15.2 Å². The number of nitro benzene ring substituents is 1. The number of nitrogens with zero attached hydrogens (tertiary/aromatic N) is 2. The summed E-state index contributed by atoms with van der Waals surface area (Å²) in [6.07, 6.45) is -0.715. The van der Waals surface area contributed by atoms with E-state index in [1.165, 1.54) is 6.07 Å². The molecular weight excluding hydrogens is 256 g/mol. The van der Waals surface area contributed by atoms with Gasteiger partial charge in [-0.15, -0.1) is 0 Å². The van der Waals surface area contributed by atoms with Crippen molar-refractivity contribution in [2.75, 3.05) is 11.9 Å². The van der Waals surface area contributed by atoms with E-state index in [0.29, 0.717) is 11.3 Å². The first-order valence-electron chi connectivity index (χ1n) is 6.75. The quantitative estimate of drug-likeness (QED) is 0.677. The lowest BCUT2D eigenvalue weighted by Gasteiger charge is -2.36. The summed E-state index contributed by atoms with van der Waals surface area (Å²) in [6, 6.07) is 5.03. The summed E-state index contributed by atoms with van der Waals surface area (Å²) in [5.74, 6) is 0. The van der Waals surface area contributed by atoms with Crippen molar-refractivity contribution in [3.05, 3.63) is 33.9 Å². The molecule has 0 aliphatic heterocycles. The second-order valence-corrected chi connectivity index (χ2v) is 6.33. The zero-order valence-corrected chi connectivity index (χ0v) is 13.0. The third-order valence-corrected chi connectivity index (χ3v) is 3.89. The zero-order valence-electron chi connectivity index (χ0n) is 13.0. The van der Waals surface area contributed by atoms with Gasteiger partial charge in [0.1, 0.15) is 5.69 Å². The molecule has 0 saturated heterocycles. The highest BCUT2D eigenvalue weighted by Gasteiger charge is 2.28. The Hall–Kier alpha value is -1.62. The van der Waals surface area contributed by atoms with Crippen LogP contribution in [-0.4, -0.2) is 23.1 Å². The highest BCUT2D eigenvalue weighted by atomic mass is 16.6. The summed E-state index contributed by atoms with van der Waals surface area (Å²) >= 11 is 0. The Morgan fingerprint density at radius 3 is 2.25 bits per heavy atom.